The number of nitrogens with one attached hydrogen (secondary N) is 2. The summed E-state index contributed by atoms with van der Waals surface area (Å²) < 4.78 is 5.08. The van der Waals surface area contributed by atoms with Crippen LogP contribution in [-0.2, 0) is 0 Å². The molecule has 0 aromatic carbocycles. The molecule has 0 aliphatic carbocycles. The second kappa shape index (κ2) is 8.80. The van der Waals surface area contributed by atoms with Gasteiger partial charge in [-0.1, -0.05) is 6.92 Å². The first-order valence-electron chi connectivity index (χ1n) is 8.14. The number of carbonyl (C=O) groups is 1. The van der Waals surface area contributed by atoms with Crippen molar-refractivity contribution in [3.8, 4) is 0 Å². The van der Waals surface area contributed by atoms with Crippen molar-refractivity contribution >= 4 is 6.03 Å². The van der Waals surface area contributed by atoms with E-state index in [9.17, 15) is 9.90 Å². The number of rotatable bonds is 7. The smallest absolute Gasteiger partial charge is 0.314 e. The van der Waals surface area contributed by atoms with Crippen LogP contribution in [0.4, 0.5) is 4.79 Å². The number of aliphatic hydroxyl groups excluding tert-OH is 1. The highest BCUT2D eigenvalue weighted by molar-refractivity contribution is 5.73. The Labute approximate surface area is 131 Å². The summed E-state index contributed by atoms with van der Waals surface area (Å²) >= 11 is 0. The fourth-order valence-electron chi connectivity index (χ4n) is 2.81. The fourth-order valence-corrected chi connectivity index (χ4v) is 2.81. The van der Waals surface area contributed by atoms with Crippen molar-refractivity contribution in [2.75, 3.05) is 32.7 Å². The van der Waals surface area contributed by atoms with Crippen molar-refractivity contribution in [3.63, 3.8) is 0 Å². The standard InChI is InChI=1S/C16H27N3O3/c1-2-19-9-6-13(7-10-19)5-8-17-16(21)18-12-14(20)15-4-3-11-22-15/h3-4,11,13-14,20H,2,5-10,12H2,1H3,(H2,17,18,21). The first-order valence-corrected chi connectivity index (χ1v) is 8.14. The lowest BCUT2D eigenvalue weighted by Crippen LogP contribution is -2.39. The molecule has 6 nitrogen and oxygen atoms in total. The van der Waals surface area contributed by atoms with E-state index in [-0.39, 0.29) is 12.6 Å². The maximum absolute atomic E-state index is 11.7. The number of amides is 2. The Morgan fingerprint density at radius 3 is 2.86 bits per heavy atom. The minimum absolute atomic E-state index is 0.147. The van der Waals surface area contributed by atoms with Gasteiger partial charge >= 0.3 is 6.03 Å². The van der Waals surface area contributed by atoms with Crippen molar-refractivity contribution < 1.29 is 14.3 Å². The molecule has 0 bridgehead atoms. The van der Waals surface area contributed by atoms with E-state index >= 15 is 0 Å². The number of furan rings is 1. The van der Waals surface area contributed by atoms with Gasteiger partial charge in [-0.05, 0) is 56.9 Å². The van der Waals surface area contributed by atoms with E-state index in [2.05, 4.69) is 22.5 Å². The van der Waals surface area contributed by atoms with Crippen LogP contribution in [-0.4, -0.2) is 48.8 Å². The summed E-state index contributed by atoms with van der Waals surface area (Å²) in [6, 6.07) is 3.16. The summed E-state index contributed by atoms with van der Waals surface area (Å²) in [5.74, 6) is 1.17. The first kappa shape index (κ1) is 16.8. The predicted molar refractivity (Wildman–Crippen MR) is 84.5 cm³/mol. The van der Waals surface area contributed by atoms with Crippen molar-refractivity contribution in [2.24, 2.45) is 5.92 Å². The van der Waals surface area contributed by atoms with Gasteiger partial charge in [0.1, 0.15) is 11.9 Å². The van der Waals surface area contributed by atoms with Crippen LogP contribution in [0.1, 0.15) is 38.1 Å². The number of hydrogen-bond acceptors (Lipinski definition) is 4. The lowest BCUT2D eigenvalue weighted by molar-refractivity contribution is 0.147. The number of aliphatic hydroxyl groups is 1. The number of likely N-dealkylation sites (tertiary alicyclic amines) is 1. The minimum Gasteiger partial charge on any atom is -0.467 e. The van der Waals surface area contributed by atoms with Gasteiger partial charge in [0.05, 0.1) is 12.8 Å². The Bertz CT molecular complexity index is 428. The van der Waals surface area contributed by atoms with Crippen molar-refractivity contribution in [2.45, 2.75) is 32.3 Å². The molecular weight excluding hydrogens is 282 g/mol. The molecule has 1 fully saturated rings. The van der Waals surface area contributed by atoms with Gasteiger partial charge in [-0.3, -0.25) is 0 Å². The highest BCUT2D eigenvalue weighted by Gasteiger charge is 2.18. The van der Waals surface area contributed by atoms with E-state index in [1.807, 2.05) is 0 Å². The van der Waals surface area contributed by atoms with Gasteiger partial charge in [0, 0.05) is 6.54 Å². The third-order valence-electron chi connectivity index (χ3n) is 4.32. The number of carbonyl (C=O) groups excluding carboxylic acids is 1. The second-order valence-corrected chi connectivity index (χ2v) is 5.83. The molecule has 0 saturated carbocycles. The zero-order chi connectivity index (χ0) is 15.8. The van der Waals surface area contributed by atoms with E-state index in [4.69, 9.17) is 4.42 Å². The normalized spacial score (nSPS) is 18.1. The van der Waals surface area contributed by atoms with Crippen LogP contribution in [0.25, 0.3) is 0 Å². The van der Waals surface area contributed by atoms with E-state index in [0.29, 0.717) is 18.2 Å². The topological polar surface area (TPSA) is 77.7 Å². The van der Waals surface area contributed by atoms with Crippen LogP contribution in [0.5, 0.6) is 0 Å². The number of nitrogens with zero attached hydrogens (tertiary/aromatic N) is 1. The number of piperidine rings is 1. The molecule has 1 saturated heterocycles. The predicted octanol–water partition coefficient (Wildman–Crippen LogP) is 1.73. The Balaban J connectivity index is 1.54. The van der Waals surface area contributed by atoms with E-state index in [0.717, 1.165) is 13.0 Å². The van der Waals surface area contributed by atoms with Crippen molar-refractivity contribution in [1.82, 2.24) is 15.5 Å². The van der Waals surface area contributed by atoms with Gasteiger partial charge in [-0.15, -0.1) is 0 Å². The molecule has 2 rings (SSSR count). The molecule has 1 unspecified atom stereocenters. The first-order chi connectivity index (χ1) is 10.7. The molecule has 2 heterocycles. The molecule has 1 aromatic heterocycles. The van der Waals surface area contributed by atoms with Gasteiger partial charge in [-0.25, -0.2) is 4.79 Å². The van der Waals surface area contributed by atoms with Crippen LogP contribution >= 0.6 is 0 Å². The molecule has 1 aliphatic rings. The van der Waals surface area contributed by atoms with Crippen molar-refractivity contribution in [1.29, 1.82) is 0 Å². The lowest BCUT2D eigenvalue weighted by atomic mass is 9.93. The molecule has 0 spiro atoms. The number of urea groups is 1. The maximum atomic E-state index is 11.7. The molecule has 1 aliphatic heterocycles. The maximum Gasteiger partial charge on any atom is 0.314 e. The molecule has 6 heteroatoms. The van der Waals surface area contributed by atoms with Crippen LogP contribution in [0.3, 0.4) is 0 Å². The quantitative estimate of drug-likeness (QED) is 0.717. The molecule has 22 heavy (non-hydrogen) atoms. The third kappa shape index (κ3) is 5.35. The van der Waals surface area contributed by atoms with Gasteiger partial charge < -0.3 is 25.1 Å². The van der Waals surface area contributed by atoms with Gasteiger partial charge in [-0.2, -0.15) is 0 Å². The summed E-state index contributed by atoms with van der Waals surface area (Å²) in [6.07, 6.45) is 4.15. The average Bonchev–Trinajstić information content (AvgIpc) is 3.08. The van der Waals surface area contributed by atoms with Crippen LogP contribution < -0.4 is 10.6 Å². The molecule has 1 atom stereocenters. The van der Waals surface area contributed by atoms with Gasteiger partial charge in [0.2, 0.25) is 0 Å². The lowest BCUT2D eigenvalue weighted by Gasteiger charge is -2.31. The van der Waals surface area contributed by atoms with Crippen LogP contribution in [0.15, 0.2) is 22.8 Å². The zero-order valence-electron chi connectivity index (χ0n) is 13.3. The molecule has 124 valence electrons. The second-order valence-electron chi connectivity index (χ2n) is 5.83. The van der Waals surface area contributed by atoms with Gasteiger partial charge in [0.25, 0.3) is 0 Å². The Kier molecular flexibility index (Phi) is 6.74. The Morgan fingerprint density at radius 1 is 1.45 bits per heavy atom. The summed E-state index contributed by atoms with van der Waals surface area (Å²) in [7, 11) is 0. The molecule has 2 amide bonds. The zero-order valence-corrected chi connectivity index (χ0v) is 13.3. The summed E-state index contributed by atoms with van der Waals surface area (Å²) in [5.41, 5.74) is 0. The highest BCUT2D eigenvalue weighted by Crippen LogP contribution is 2.19. The largest absolute Gasteiger partial charge is 0.467 e. The van der Waals surface area contributed by atoms with E-state index in [1.165, 1.54) is 32.2 Å². The molecular formula is C16H27N3O3. The molecule has 3 N–H and O–H groups in total. The Morgan fingerprint density at radius 2 is 2.23 bits per heavy atom. The average molecular weight is 309 g/mol. The van der Waals surface area contributed by atoms with E-state index in [1.54, 1.807) is 12.1 Å². The third-order valence-corrected chi connectivity index (χ3v) is 4.32. The number of hydrogen-bond donors (Lipinski definition) is 3. The van der Waals surface area contributed by atoms with E-state index < -0.39 is 6.10 Å². The SMILES string of the molecule is CCN1CCC(CCNC(=O)NCC(O)c2ccco2)CC1. The van der Waals surface area contributed by atoms with Gasteiger partial charge in [0.15, 0.2) is 0 Å². The minimum atomic E-state index is -0.806. The molecule has 0 radical (unpaired) electrons. The monoisotopic (exact) mass is 309 g/mol. The molecule has 1 aromatic rings. The summed E-state index contributed by atoms with van der Waals surface area (Å²) in [6.45, 7) is 6.49. The Hall–Kier alpha value is -1.53. The fraction of sp³-hybridized carbons (Fsp3) is 0.688. The highest BCUT2D eigenvalue weighted by atomic mass is 16.4. The summed E-state index contributed by atoms with van der Waals surface area (Å²) in [5, 5.41) is 15.3. The van der Waals surface area contributed by atoms with Crippen LogP contribution in [0.2, 0.25) is 0 Å². The summed E-state index contributed by atoms with van der Waals surface area (Å²) in [4.78, 5) is 14.1. The van der Waals surface area contributed by atoms with Crippen LogP contribution in [0, 0.1) is 5.92 Å². The van der Waals surface area contributed by atoms with Crippen molar-refractivity contribution in [3.05, 3.63) is 24.2 Å².